The van der Waals surface area contributed by atoms with Gasteiger partial charge in [0, 0.05) is 56.9 Å². The number of rotatable bonds is 7. The zero-order valence-electron chi connectivity index (χ0n) is 21.5. The average molecular weight is 543 g/mol. The Morgan fingerprint density at radius 2 is 1.85 bits per heavy atom. The lowest BCUT2D eigenvalue weighted by Gasteiger charge is -2.31. The van der Waals surface area contributed by atoms with E-state index in [0.29, 0.717) is 40.2 Å². The van der Waals surface area contributed by atoms with Gasteiger partial charge in [-0.1, -0.05) is 6.07 Å². The molecule has 0 radical (unpaired) electrons. The van der Waals surface area contributed by atoms with Crippen molar-refractivity contribution >= 4 is 11.9 Å². The molecular formula is C27H26F4N6O2. The van der Waals surface area contributed by atoms with Gasteiger partial charge in [-0.2, -0.15) is 18.3 Å². The van der Waals surface area contributed by atoms with Gasteiger partial charge in [0.25, 0.3) is 5.91 Å². The van der Waals surface area contributed by atoms with Gasteiger partial charge in [0.2, 0.25) is 5.95 Å². The molecule has 204 valence electrons. The van der Waals surface area contributed by atoms with Crippen LogP contribution in [0.25, 0.3) is 11.1 Å². The first-order chi connectivity index (χ1) is 18.6. The number of carbonyl (C=O) groups excluding carboxylic acids is 1. The number of imidazole rings is 1. The van der Waals surface area contributed by atoms with E-state index in [2.05, 4.69) is 15.4 Å². The smallest absolute Gasteiger partial charge is 0.435 e. The normalized spacial score (nSPS) is 13.5. The van der Waals surface area contributed by atoms with Gasteiger partial charge in [-0.3, -0.25) is 9.48 Å². The first-order valence-electron chi connectivity index (χ1n) is 12.2. The quantitative estimate of drug-likeness (QED) is 0.342. The number of aromatic nitrogens is 4. The minimum atomic E-state index is -4.67. The summed E-state index contributed by atoms with van der Waals surface area (Å²) in [4.78, 5) is 19.6. The molecule has 1 aliphatic heterocycles. The summed E-state index contributed by atoms with van der Waals surface area (Å²) in [7, 11) is 4.51. The Bertz CT molecular complexity index is 1540. The van der Waals surface area contributed by atoms with Crippen molar-refractivity contribution in [3.8, 4) is 16.9 Å². The third kappa shape index (κ3) is 5.06. The number of fused-ring (bicyclic) bond motifs is 1. The summed E-state index contributed by atoms with van der Waals surface area (Å²) in [5, 5.41) is 6.65. The molecule has 0 aliphatic carbocycles. The highest BCUT2D eigenvalue weighted by Gasteiger charge is 2.39. The van der Waals surface area contributed by atoms with Crippen LogP contribution in [0.4, 0.5) is 23.5 Å². The van der Waals surface area contributed by atoms with Crippen LogP contribution in [0.2, 0.25) is 0 Å². The standard InChI is InChI=1S/C27H26F4N6O2/c1-32-26-33-7-9-37(26)14-17-10-19(21-15-35(2)34-24(21)27(29,30)31)18-6-8-36(25(38)20(18)11-17)13-16-4-5-22(28)23(12-16)39-3/h4-5,7,9-12,15H,6,8,13-14H2,1-3H3,(H,32,33). The van der Waals surface area contributed by atoms with E-state index in [1.165, 1.54) is 32.5 Å². The fraction of sp³-hybridized carbons (Fsp3) is 0.296. The predicted molar refractivity (Wildman–Crippen MR) is 136 cm³/mol. The molecule has 8 nitrogen and oxygen atoms in total. The summed E-state index contributed by atoms with van der Waals surface area (Å²) < 4.78 is 63.7. The summed E-state index contributed by atoms with van der Waals surface area (Å²) in [6, 6.07) is 7.80. The van der Waals surface area contributed by atoms with Gasteiger partial charge in [0.1, 0.15) is 0 Å². The number of carbonyl (C=O) groups is 1. The van der Waals surface area contributed by atoms with E-state index in [1.54, 1.807) is 47.1 Å². The Morgan fingerprint density at radius 1 is 1.08 bits per heavy atom. The van der Waals surface area contributed by atoms with Crippen LogP contribution in [-0.2, 0) is 32.7 Å². The van der Waals surface area contributed by atoms with Crippen LogP contribution >= 0.6 is 0 Å². The van der Waals surface area contributed by atoms with Gasteiger partial charge in [0.15, 0.2) is 17.3 Å². The van der Waals surface area contributed by atoms with Crippen LogP contribution in [0.15, 0.2) is 48.9 Å². The Labute approximate surface area is 221 Å². The zero-order chi connectivity index (χ0) is 27.9. The number of anilines is 1. The SMILES string of the molecule is CNc1nccn1Cc1cc2c(c(-c3cn(C)nc3C(F)(F)F)c1)CCN(Cc1ccc(F)c(OC)c1)C2=O. The Hall–Kier alpha value is -4.35. The number of benzene rings is 2. The number of nitrogens with zero attached hydrogens (tertiary/aromatic N) is 5. The maximum atomic E-state index is 13.9. The number of alkyl halides is 3. The number of amides is 1. The van der Waals surface area contributed by atoms with Crippen LogP contribution in [0.1, 0.15) is 32.7 Å². The fourth-order valence-corrected chi connectivity index (χ4v) is 4.97. The maximum Gasteiger partial charge on any atom is 0.435 e. The van der Waals surface area contributed by atoms with E-state index >= 15 is 0 Å². The second-order valence-corrected chi connectivity index (χ2v) is 9.31. The predicted octanol–water partition coefficient (Wildman–Crippen LogP) is 4.74. The first kappa shape index (κ1) is 26.3. The summed E-state index contributed by atoms with van der Waals surface area (Å²) in [6.45, 7) is 0.756. The monoisotopic (exact) mass is 542 g/mol. The molecule has 12 heteroatoms. The van der Waals surface area contributed by atoms with Crippen molar-refractivity contribution in [2.24, 2.45) is 7.05 Å². The average Bonchev–Trinajstić information content (AvgIpc) is 3.52. The minimum Gasteiger partial charge on any atom is -0.494 e. The molecular weight excluding hydrogens is 516 g/mol. The van der Waals surface area contributed by atoms with E-state index in [4.69, 9.17) is 4.74 Å². The van der Waals surface area contributed by atoms with E-state index in [-0.39, 0.29) is 36.9 Å². The number of nitrogens with one attached hydrogen (secondary N) is 1. The van der Waals surface area contributed by atoms with Crippen molar-refractivity contribution in [2.45, 2.75) is 25.7 Å². The minimum absolute atomic E-state index is 0.0684. The molecule has 2 aromatic carbocycles. The van der Waals surface area contributed by atoms with Crippen LogP contribution in [0, 0.1) is 5.82 Å². The zero-order valence-corrected chi connectivity index (χ0v) is 21.5. The Morgan fingerprint density at radius 3 is 2.56 bits per heavy atom. The maximum absolute atomic E-state index is 13.9. The van der Waals surface area contributed by atoms with Crippen molar-refractivity contribution in [1.29, 1.82) is 0 Å². The van der Waals surface area contributed by atoms with Gasteiger partial charge < -0.3 is 19.5 Å². The van der Waals surface area contributed by atoms with Crippen LogP contribution in [0.3, 0.4) is 0 Å². The fourth-order valence-electron chi connectivity index (χ4n) is 4.97. The molecule has 1 amide bonds. The van der Waals surface area contributed by atoms with Crippen molar-refractivity contribution in [1.82, 2.24) is 24.2 Å². The number of hydrogen-bond acceptors (Lipinski definition) is 5. The highest BCUT2D eigenvalue weighted by atomic mass is 19.4. The van der Waals surface area contributed by atoms with E-state index in [0.717, 1.165) is 4.68 Å². The largest absolute Gasteiger partial charge is 0.494 e. The van der Waals surface area contributed by atoms with Crippen molar-refractivity contribution in [2.75, 3.05) is 26.0 Å². The Balaban J connectivity index is 1.59. The molecule has 39 heavy (non-hydrogen) atoms. The van der Waals surface area contributed by atoms with Gasteiger partial charge in [0.05, 0.1) is 13.7 Å². The summed E-state index contributed by atoms with van der Waals surface area (Å²) >= 11 is 0. The van der Waals surface area contributed by atoms with Crippen LogP contribution in [0.5, 0.6) is 5.75 Å². The lowest BCUT2D eigenvalue weighted by molar-refractivity contribution is -0.140. The summed E-state index contributed by atoms with van der Waals surface area (Å²) in [6.07, 6.45) is 0.355. The molecule has 0 saturated heterocycles. The van der Waals surface area contributed by atoms with Gasteiger partial charge >= 0.3 is 6.18 Å². The van der Waals surface area contributed by atoms with Crippen LogP contribution in [-0.4, -0.2) is 50.8 Å². The second-order valence-electron chi connectivity index (χ2n) is 9.31. The topological polar surface area (TPSA) is 77.2 Å². The molecule has 0 fully saturated rings. The molecule has 1 N–H and O–H groups in total. The van der Waals surface area contributed by atoms with Crippen molar-refractivity contribution in [3.05, 3.63) is 82.7 Å². The van der Waals surface area contributed by atoms with Gasteiger partial charge in [-0.05, 0) is 52.9 Å². The van der Waals surface area contributed by atoms with Gasteiger partial charge in [-0.15, -0.1) is 0 Å². The molecule has 1 aliphatic rings. The molecule has 3 heterocycles. The first-order valence-corrected chi connectivity index (χ1v) is 12.2. The van der Waals surface area contributed by atoms with E-state index in [9.17, 15) is 22.4 Å². The van der Waals surface area contributed by atoms with Crippen molar-refractivity contribution < 1.29 is 27.1 Å². The molecule has 5 rings (SSSR count). The van der Waals surface area contributed by atoms with E-state index in [1.807, 2.05) is 0 Å². The Kier molecular flexibility index (Phi) is 6.79. The molecule has 2 aromatic heterocycles. The molecule has 0 spiro atoms. The number of methoxy groups -OCH3 is 1. The molecule has 0 unspecified atom stereocenters. The molecule has 0 atom stereocenters. The highest BCUT2D eigenvalue weighted by Crippen LogP contribution is 2.40. The van der Waals surface area contributed by atoms with E-state index < -0.39 is 17.7 Å². The summed E-state index contributed by atoms with van der Waals surface area (Å²) in [5.41, 5.74) is 1.41. The number of ether oxygens (including phenoxy) is 1. The number of halogens is 4. The highest BCUT2D eigenvalue weighted by molar-refractivity contribution is 5.99. The third-order valence-corrected chi connectivity index (χ3v) is 6.73. The van der Waals surface area contributed by atoms with Crippen LogP contribution < -0.4 is 10.1 Å². The molecule has 4 aromatic rings. The number of hydrogen-bond donors (Lipinski definition) is 1. The summed E-state index contributed by atoms with van der Waals surface area (Å²) in [5.74, 6) is -0.188. The lowest BCUT2D eigenvalue weighted by atomic mass is 9.88. The third-order valence-electron chi connectivity index (χ3n) is 6.73. The second kappa shape index (κ2) is 10.1. The molecule has 0 bridgehead atoms. The lowest BCUT2D eigenvalue weighted by Crippen LogP contribution is -2.37. The van der Waals surface area contributed by atoms with Gasteiger partial charge in [-0.25, -0.2) is 9.37 Å². The number of aryl methyl sites for hydroxylation is 1. The molecule has 0 saturated carbocycles. The van der Waals surface area contributed by atoms with Crippen molar-refractivity contribution in [3.63, 3.8) is 0 Å².